The lowest BCUT2D eigenvalue weighted by Crippen LogP contribution is -2.36. The summed E-state index contributed by atoms with van der Waals surface area (Å²) in [6.07, 6.45) is 5.04. The van der Waals surface area contributed by atoms with E-state index in [4.69, 9.17) is 4.74 Å². The van der Waals surface area contributed by atoms with Crippen LogP contribution in [-0.2, 0) is 6.54 Å². The molecule has 1 atom stereocenters. The average Bonchev–Trinajstić information content (AvgIpc) is 2.37. The first-order valence-corrected chi connectivity index (χ1v) is 7.09. The minimum absolute atomic E-state index is 0.336. The van der Waals surface area contributed by atoms with Gasteiger partial charge in [0, 0.05) is 18.2 Å². The fraction of sp³-hybridized carbons (Fsp3) is 0.625. The van der Waals surface area contributed by atoms with Gasteiger partial charge >= 0.3 is 0 Å². The molecule has 2 rings (SSSR count). The number of nitrogens with one attached hydrogen (secondary N) is 1. The minimum atomic E-state index is 0.336. The Morgan fingerprint density at radius 3 is 2.89 bits per heavy atom. The van der Waals surface area contributed by atoms with Crippen LogP contribution in [0.3, 0.4) is 0 Å². The van der Waals surface area contributed by atoms with Crippen molar-refractivity contribution in [3.63, 3.8) is 0 Å². The highest BCUT2D eigenvalue weighted by Gasteiger charge is 2.27. The number of phenolic OH excluding ortho intramolecular Hbond substituents is 1. The number of hydrogen-bond donors (Lipinski definition) is 2. The molecule has 0 bridgehead atoms. The minimum Gasteiger partial charge on any atom is -0.508 e. The lowest BCUT2D eigenvalue weighted by molar-refractivity contribution is 0.197. The largest absolute Gasteiger partial charge is 0.508 e. The van der Waals surface area contributed by atoms with Crippen molar-refractivity contribution in [2.24, 2.45) is 5.41 Å². The molecule has 0 radical (unpaired) electrons. The van der Waals surface area contributed by atoms with Crippen molar-refractivity contribution >= 4 is 0 Å². The van der Waals surface area contributed by atoms with Gasteiger partial charge in [0.1, 0.15) is 11.5 Å². The highest BCUT2D eigenvalue weighted by atomic mass is 16.5. The summed E-state index contributed by atoms with van der Waals surface area (Å²) in [6.45, 7) is 5.37. The van der Waals surface area contributed by atoms with E-state index in [0.29, 0.717) is 23.8 Å². The summed E-state index contributed by atoms with van der Waals surface area (Å²) in [6, 6.07) is 5.92. The number of ether oxygens (including phenoxy) is 1. The SMILES string of the molecule is COc1ccc(O)c(CNC2CCCC(C)(C)C2)c1. The van der Waals surface area contributed by atoms with Crippen LogP contribution < -0.4 is 10.1 Å². The van der Waals surface area contributed by atoms with Crippen molar-refractivity contribution in [1.82, 2.24) is 5.32 Å². The molecule has 2 N–H and O–H groups in total. The van der Waals surface area contributed by atoms with Gasteiger partial charge in [-0.05, 0) is 42.9 Å². The van der Waals surface area contributed by atoms with Crippen molar-refractivity contribution in [2.75, 3.05) is 7.11 Å². The number of phenols is 1. The predicted octanol–water partition coefficient (Wildman–Crippen LogP) is 3.46. The second-order valence-electron chi connectivity index (χ2n) is 6.33. The van der Waals surface area contributed by atoms with Crippen molar-refractivity contribution in [2.45, 2.75) is 52.1 Å². The van der Waals surface area contributed by atoms with Crippen LogP contribution in [0.4, 0.5) is 0 Å². The Kier molecular flexibility index (Phi) is 4.35. The molecule has 0 saturated heterocycles. The molecule has 3 heteroatoms. The predicted molar refractivity (Wildman–Crippen MR) is 77.5 cm³/mol. The van der Waals surface area contributed by atoms with Gasteiger partial charge in [0.25, 0.3) is 0 Å². The highest BCUT2D eigenvalue weighted by Crippen LogP contribution is 2.35. The van der Waals surface area contributed by atoms with E-state index in [1.807, 2.05) is 6.07 Å². The molecule has 0 spiro atoms. The van der Waals surface area contributed by atoms with Crippen LogP contribution in [0.15, 0.2) is 18.2 Å². The van der Waals surface area contributed by atoms with Gasteiger partial charge in [0.05, 0.1) is 7.11 Å². The van der Waals surface area contributed by atoms with Crippen LogP contribution in [0.25, 0.3) is 0 Å². The lowest BCUT2D eigenvalue weighted by Gasteiger charge is -2.35. The normalized spacial score (nSPS) is 22.2. The van der Waals surface area contributed by atoms with Gasteiger partial charge in [-0.1, -0.05) is 20.3 Å². The van der Waals surface area contributed by atoms with Crippen LogP contribution in [0.2, 0.25) is 0 Å². The first-order chi connectivity index (χ1) is 9.00. The van der Waals surface area contributed by atoms with Gasteiger partial charge < -0.3 is 15.2 Å². The third kappa shape index (κ3) is 3.87. The zero-order chi connectivity index (χ0) is 13.9. The van der Waals surface area contributed by atoms with E-state index in [2.05, 4.69) is 19.2 Å². The molecule has 19 heavy (non-hydrogen) atoms. The quantitative estimate of drug-likeness (QED) is 0.874. The van der Waals surface area contributed by atoms with Gasteiger partial charge in [-0.15, -0.1) is 0 Å². The Bertz CT molecular complexity index is 429. The maximum Gasteiger partial charge on any atom is 0.120 e. The zero-order valence-electron chi connectivity index (χ0n) is 12.2. The Hall–Kier alpha value is -1.22. The van der Waals surface area contributed by atoms with E-state index in [-0.39, 0.29) is 0 Å². The first-order valence-electron chi connectivity index (χ1n) is 7.09. The van der Waals surface area contributed by atoms with Gasteiger partial charge in [-0.3, -0.25) is 0 Å². The number of benzene rings is 1. The summed E-state index contributed by atoms with van der Waals surface area (Å²) < 4.78 is 5.20. The number of aromatic hydroxyl groups is 1. The molecule has 1 unspecified atom stereocenters. The number of methoxy groups -OCH3 is 1. The van der Waals surface area contributed by atoms with Crippen LogP contribution in [0, 0.1) is 5.41 Å². The summed E-state index contributed by atoms with van der Waals surface area (Å²) in [7, 11) is 1.65. The van der Waals surface area contributed by atoms with Crippen LogP contribution in [-0.4, -0.2) is 18.3 Å². The standard InChI is InChI=1S/C16H25NO2/c1-16(2)8-4-5-13(10-16)17-11-12-9-14(19-3)6-7-15(12)18/h6-7,9,13,17-18H,4-5,8,10-11H2,1-3H3. The molecule has 0 amide bonds. The molecule has 1 fully saturated rings. The maximum absolute atomic E-state index is 9.87. The summed E-state index contributed by atoms with van der Waals surface area (Å²) in [4.78, 5) is 0. The molecule has 0 heterocycles. The number of rotatable bonds is 4. The molecule has 1 aliphatic rings. The summed E-state index contributed by atoms with van der Waals surface area (Å²) >= 11 is 0. The molecule has 0 aromatic heterocycles. The maximum atomic E-state index is 9.87. The first kappa shape index (κ1) is 14.2. The summed E-state index contributed by atoms with van der Waals surface area (Å²) in [5, 5.41) is 13.4. The fourth-order valence-electron chi connectivity index (χ4n) is 2.96. The topological polar surface area (TPSA) is 41.5 Å². The third-order valence-corrected chi connectivity index (χ3v) is 4.07. The Labute approximate surface area is 116 Å². The molecule has 0 aliphatic heterocycles. The summed E-state index contributed by atoms with van der Waals surface area (Å²) in [5.41, 5.74) is 1.34. The van der Waals surface area contributed by atoms with Gasteiger partial charge in [-0.25, -0.2) is 0 Å². The van der Waals surface area contributed by atoms with Gasteiger partial charge in [-0.2, -0.15) is 0 Å². The van der Waals surface area contributed by atoms with Crippen molar-refractivity contribution in [1.29, 1.82) is 0 Å². The molecule has 1 aliphatic carbocycles. The molecule has 1 aromatic carbocycles. The van der Waals surface area contributed by atoms with E-state index in [1.54, 1.807) is 19.2 Å². The average molecular weight is 263 g/mol. The van der Waals surface area contributed by atoms with Crippen molar-refractivity contribution < 1.29 is 9.84 Å². The van der Waals surface area contributed by atoms with Gasteiger partial charge in [0.2, 0.25) is 0 Å². The fourth-order valence-corrected chi connectivity index (χ4v) is 2.96. The van der Waals surface area contributed by atoms with Crippen LogP contribution >= 0.6 is 0 Å². The Balaban J connectivity index is 1.95. The smallest absolute Gasteiger partial charge is 0.120 e. The van der Waals surface area contributed by atoms with E-state index in [1.165, 1.54) is 25.7 Å². The Morgan fingerprint density at radius 2 is 2.21 bits per heavy atom. The third-order valence-electron chi connectivity index (χ3n) is 4.07. The van der Waals surface area contributed by atoms with Crippen LogP contribution in [0.5, 0.6) is 11.5 Å². The van der Waals surface area contributed by atoms with Crippen molar-refractivity contribution in [3.05, 3.63) is 23.8 Å². The number of hydrogen-bond acceptors (Lipinski definition) is 3. The summed E-state index contributed by atoms with van der Waals surface area (Å²) in [5.74, 6) is 1.13. The van der Waals surface area contributed by atoms with E-state index in [9.17, 15) is 5.11 Å². The molecule has 1 saturated carbocycles. The van der Waals surface area contributed by atoms with Crippen molar-refractivity contribution in [3.8, 4) is 11.5 Å². The molecule has 3 nitrogen and oxygen atoms in total. The molecule has 1 aromatic rings. The lowest BCUT2D eigenvalue weighted by atomic mass is 9.75. The van der Waals surface area contributed by atoms with E-state index >= 15 is 0 Å². The van der Waals surface area contributed by atoms with E-state index < -0.39 is 0 Å². The Morgan fingerprint density at radius 1 is 1.42 bits per heavy atom. The molecular formula is C16H25NO2. The molecule has 106 valence electrons. The second-order valence-corrected chi connectivity index (χ2v) is 6.33. The van der Waals surface area contributed by atoms with Crippen LogP contribution in [0.1, 0.15) is 45.1 Å². The van der Waals surface area contributed by atoms with Gasteiger partial charge in [0.15, 0.2) is 0 Å². The monoisotopic (exact) mass is 263 g/mol. The zero-order valence-corrected chi connectivity index (χ0v) is 12.2. The highest BCUT2D eigenvalue weighted by molar-refractivity contribution is 5.39. The second kappa shape index (κ2) is 5.83. The van der Waals surface area contributed by atoms with E-state index in [0.717, 1.165) is 11.3 Å². The molecular weight excluding hydrogens is 238 g/mol.